The van der Waals surface area contributed by atoms with E-state index in [1.807, 2.05) is 31.8 Å². The SMILES string of the molecule is Cc1c(C(C)NC(=O)C2CCCC(N)C2)cnn1C.Cl. The lowest BCUT2D eigenvalue weighted by Crippen LogP contribution is -2.38. The Morgan fingerprint density at radius 3 is 2.80 bits per heavy atom. The van der Waals surface area contributed by atoms with Crippen LogP contribution in [-0.4, -0.2) is 21.7 Å². The minimum Gasteiger partial charge on any atom is -0.349 e. The van der Waals surface area contributed by atoms with Gasteiger partial charge in [-0.1, -0.05) is 6.42 Å². The van der Waals surface area contributed by atoms with Crippen molar-refractivity contribution in [2.45, 2.75) is 51.6 Å². The normalized spacial score (nSPS) is 23.8. The number of hydrogen-bond acceptors (Lipinski definition) is 3. The number of rotatable bonds is 3. The van der Waals surface area contributed by atoms with Gasteiger partial charge in [0.05, 0.1) is 12.2 Å². The molecule has 3 N–H and O–H groups in total. The standard InChI is InChI=1S/C14H24N4O.ClH/c1-9(13-8-16-18(3)10(13)2)17-14(19)11-5-4-6-12(15)7-11;/h8-9,11-12H,4-7,15H2,1-3H3,(H,17,19);1H. The highest BCUT2D eigenvalue weighted by Gasteiger charge is 2.26. The van der Waals surface area contributed by atoms with Crippen LogP contribution in [0.2, 0.25) is 0 Å². The molecule has 0 bridgehead atoms. The number of hydrogen-bond donors (Lipinski definition) is 2. The van der Waals surface area contributed by atoms with E-state index in [0.29, 0.717) is 0 Å². The van der Waals surface area contributed by atoms with Crippen LogP contribution in [0.15, 0.2) is 6.20 Å². The first-order valence-corrected chi connectivity index (χ1v) is 7.03. The first-order valence-electron chi connectivity index (χ1n) is 7.03. The van der Waals surface area contributed by atoms with Gasteiger partial charge in [-0.2, -0.15) is 5.10 Å². The van der Waals surface area contributed by atoms with Gasteiger partial charge in [0.15, 0.2) is 0 Å². The van der Waals surface area contributed by atoms with E-state index in [1.54, 1.807) is 0 Å². The average Bonchev–Trinajstić information content (AvgIpc) is 2.70. The summed E-state index contributed by atoms with van der Waals surface area (Å²) >= 11 is 0. The van der Waals surface area contributed by atoms with Crippen LogP contribution in [-0.2, 0) is 11.8 Å². The molecule has 1 amide bonds. The van der Waals surface area contributed by atoms with Crippen LogP contribution in [0.4, 0.5) is 0 Å². The molecule has 2 rings (SSSR count). The van der Waals surface area contributed by atoms with Gasteiger partial charge in [-0.05, 0) is 33.1 Å². The highest BCUT2D eigenvalue weighted by molar-refractivity contribution is 5.85. The molecule has 6 heteroatoms. The Hall–Kier alpha value is -1.07. The lowest BCUT2D eigenvalue weighted by molar-refractivity contribution is -0.126. The minimum atomic E-state index is -0.000601. The van der Waals surface area contributed by atoms with Crippen LogP contribution in [0, 0.1) is 12.8 Å². The number of amides is 1. The predicted octanol–water partition coefficient (Wildman–Crippen LogP) is 1.85. The summed E-state index contributed by atoms with van der Waals surface area (Å²) in [5, 5.41) is 7.31. The number of carbonyl (C=O) groups excluding carboxylic acids is 1. The summed E-state index contributed by atoms with van der Waals surface area (Å²) in [7, 11) is 1.91. The van der Waals surface area contributed by atoms with Crippen LogP contribution >= 0.6 is 12.4 Å². The number of nitrogens with one attached hydrogen (secondary N) is 1. The van der Waals surface area contributed by atoms with Crippen molar-refractivity contribution >= 4 is 18.3 Å². The molecule has 3 atom stereocenters. The monoisotopic (exact) mass is 300 g/mol. The van der Waals surface area contributed by atoms with Crippen LogP contribution in [0.3, 0.4) is 0 Å². The Labute approximate surface area is 126 Å². The third-order valence-electron chi connectivity index (χ3n) is 4.18. The summed E-state index contributed by atoms with van der Waals surface area (Å²) in [5.74, 6) is 0.203. The zero-order chi connectivity index (χ0) is 14.0. The van der Waals surface area contributed by atoms with E-state index in [-0.39, 0.29) is 36.3 Å². The zero-order valence-electron chi connectivity index (χ0n) is 12.4. The number of nitrogens with two attached hydrogens (primary N) is 1. The number of halogens is 1. The molecule has 1 aliphatic rings. The third-order valence-corrected chi connectivity index (χ3v) is 4.18. The first-order chi connectivity index (χ1) is 8.99. The highest BCUT2D eigenvalue weighted by Crippen LogP contribution is 2.24. The molecule has 1 fully saturated rings. The smallest absolute Gasteiger partial charge is 0.223 e. The van der Waals surface area contributed by atoms with E-state index in [9.17, 15) is 4.79 Å². The maximum absolute atomic E-state index is 12.3. The van der Waals surface area contributed by atoms with Gasteiger partial charge in [-0.15, -0.1) is 12.4 Å². The lowest BCUT2D eigenvalue weighted by atomic mass is 9.85. The lowest BCUT2D eigenvalue weighted by Gasteiger charge is -2.27. The highest BCUT2D eigenvalue weighted by atomic mass is 35.5. The second-order valence-electron chi connectivity index (χ2n) is 5.66. The van der Waals surface area contributed by atoms with E-state index in [2.05, 4.69) is 10.4 Å². The van der Waals surface area contributed by atoms with E-state index in [4.69, 9.17) is 5.73 Å². The van der Waals surface area contributed by atoms with Crippen molar-refractivity contribution in [2.75, 3.05) is 0 Å². The summed E-state index contributed by atoms with van der Waals surface area (Å²) in [4.78, 5) is 12.3. The maximum Gasteiger partial charge on any atom is 0.223 e. The van der Waals surface area contributed by atoms with E-state index >= 15 is 0 Å². The van der Waals surface area contributed by atoms with E-state index < -0.39 is 0 Å². The van der Waals surface area contributed by atoms with Crippen molar-refractivity contribution in [3.8, 4) is 0 Å². The van der Waals surface area contributed by atoms with E-state index in [1.165, 1.54) is 0 Å². The van der Waals surface area contributed by atoms with Gasteiger partial charge in [0.2, 0.25) is 5.91 Å². The Morgan fingerprint density at radius 1 is 1.55 bits per heavy atom. The molecule has 1 aliphatic carbocycles. The molecule has 114 valence electrons. The zero-order valence-corrected chi connectivity index (χ0v) is 13.2. The largest absolute Gasteiger partial charge is 0.349 e. The van der Waals surface area contributed by atoms with Gasteiger partial charge in [-0.3, -0.25) is 9.48 Å². The molecule has 20 heavy (non-hydrogen) atoms. The minimum absolute atomic E-state index is 0. The molecule has 1 aromatic heterocycles. The quantitative estimate of drug-likeness (QED) is 0.894. The Bertz CT molecular complexity index is 460. The van der Waals surface area contributed by atoms with Gasteiger partial charge in [0, 0.05) is 30.3 Å². The van der Waals surface area contributed by atoms with Crippen molar-refractivity contribution in [3.05, 3.63) is 17.5 Å². The third kappa shape index (κ3) is 3.73. The van der Waals surface area contributed by atoms with Gasteiger partial charge in [-0.25, -0.2) is 0 Å². The fourth-order valence-corrected chi connectivity index (χ4v) is 2.82. The molecule has 0 aliphatic heterocycles. The summed E-state index contributed by atoms with van der Waals surface area (Å²) in [6.45, 7) is 4.02. The fourth-order valence-electron chi connectivity index (χ4n) is 2.82. The summed E-state index contributed by atoms with van der Waals surface area (Å²) in [6, 6.07) is 0.180. The Kier molecular flexibility index (Phi) is 6.02. The number of carbonyl (C=O) groups is 1. The molecule has 0 aromatic carbocycles. The summed E-state index contributed by atoms with van der Waals surface area (Å²) in [6.07, 6.45) is 5.69. The van der Waals surface area contributed by atoms with Crippen molar-refractivity contribution in [2.24, 2.45) is 18.7 Å². The average molecular weight is 301 g/mol. The number of aryl methyl sites for hydroxylation is 1. The Morgan fingerprint density at radius 2 is 2.25 bits per heavy atom. The Balaban J connectivity index is 0.00000200. The topological polar surface area (TPSA) is 72.9 Å². The van der Waals surface area contributed by atoms with Gasteiger partial charge in [0.25, 0.3) is 0 Å². The first kappa shape index (κ1) is 17.0. The summed E-state index contributed by atoms with van der Waals surface area (Å²) < 4.78 is 1.83. The molecular weight excluding hydrogens is 276 g/mol. The molecule has 5 nitrogen and oxygen atoms in total. The van der Waals surface area contributed by atoms with Crippen molar-refractivity contribution in [3.63, 3.8) is 0 Å². The van der Waals surface area contributed by atoms with Crippen LogP contribution < -0.4 is 11.1 Å². The van der Waals surface area contributed by atoms with Crippen LogP contribution in [0.1, 0.15) is 49.9 Å². The molecular formula is C14H25ClN4O. The van der Waals surface area contributed by atoms with Crippen LogP contribution in [0.5, 0.6) is 0 Å². The maximum atomic E-state index is 12.3. The molecule has 0 radical (unpaired) electrons. The van der Waals surface area contributed by atoms with Crippen molar-refractivity contribution < 1.29 is 4.79 Å². The van der Waals surface area contributed by atoms with Crippen molar-refractivity contribution in [1.82, 2.24) is 15.1 Å². The fraction of sp³-hybridized carbons (Fsp3) is 0.714. The molecule has 1 heterocycles. The number of nitrogens with zero attached hydrogens (tertiary/aromatic N) is 2. The number of aromatic nitrogens is 2. The van der Waals surface area contributed by atoms with Crippen molar-refractivity contribution in [1.29, 1.82) is 0 Å². The predicted molar refractivity (Wildman–Crippen MR) is 81.7 cm³/mol. The van der Waals surface area contributed by atoms with Gasteiger partial charge >= 0.3 is 0 Å². The second-order valence-corrected chi connectivity index (χ2v) is 5.66. The van der Waals surface area contributed by atoms with Gasteiger partial charge < -0.3 is 11.1 Å². The molecule has 0 saturated heterocycles. The van der Waals surface area contributed by atoms with Gasteiger partial charge in [0.1, 0.15) is 0 Å². The van der Waals surface area contributed by atoms with E-state index in [0.717, 1.165) is 36.9 Å². The molecule has 0 spiro atoms. The molecule has 3 unspecified atom stereocenters. The summed E-state index contributed by atoms with van der Waals surface area (Å²) in [5.41, 5.74) is 8.11. The van der Waals surface area contributed by atoms with Crippen LogP contribution in [0.25, 0.3) is 0 Å². The second kappa shape index (κ2) is 7.09. The molecule has 1 aromatic rings. The molecule has 1 saturated carbocycles.